The zero-order chi connectivity index (χ0) is 41.3. The molecule has 5 N–H and O–H groups in total. The first-order valence-electron chi connectivity index (χ1n) is 17.9. The predicted octanol–water partition coefficient (Wildman–Crippen LogP) is 1.97. The largest absolute Gasteiger partial charge is 0.472 e. The molecule has 0 saturated heterocycles. The van der Waals surface area contributed by atoms with Crippen molar-refractivity contribution in [2.75, 3.05) is 38.7 Å². The van der Waals surface area contributed by atoms with Crippen molar-refractivity contribution in [2.24, 2.45) is 17.8 Å². The van der Waals surface area contributed by atoms with Crippen LogP contribution in [0, 0.1) is 17.8 Å². The summed E-state index contributed by atoms with van der Waals surface area (Å²) >= 11 is 0. The number of imide groups is 1. The molecular formula is C36H54N5O13P. The molecule has 0 aliphatic carbocycles. The van der Waals surface area contributed by atoms with Gasteiger partial charge in [0.25, 0.3) is 11.8 Å². The smallest absolute Gasteiger partial charge is 0.461 e. The van der Waals surface area contributed by atoms with Crippen LogP contribution in [0.4, 0.5) is 5.69 Å². The van der Waals surface area contributed by atoms with E-state index in [9.17, 15) is 43.0 Å². The Morgan fingerprint density at radius 1 is 0.818 bits per heavy atom. The van der Waals surface area contributed by atoms with Gasteiger partial charge in [0.2, 0.25) is 23.6 Å². The Kier molecular flexibility index (Phi) is 19.3. The number of nitrogens with one attached hydrogen (secondary N) is 4. The van der Waals surface area contributed by atoms with Crippen LogP contribution in [0.2, 0.25) is 0 Å². The summed E-state index contributed by atoms with van der Waals surface area (Å²) in [6.45, 7) is 9.85. The van der Waals surface area contributed by atoms with E-state index in [2.05, 4.69) is 21.3 Å². The van der Waals surface area contributed by atoms with Crippen molar-refractivity contribution in [1.82, 2.24) is 20.9 Å². The molecule has 306 valence electrons. The minimum atomic E-state index is -4.64. The molecule has 0 spiro atoms. The number of esters is 1. The maximum absolute atomic E-state index is 12.8. The summed E-state index contributed by atoms with van der Waals surface area (Å²) in [5.41, 5.74) is 0.832. The number of rotatable bonds is 24. The van der Waals surface area contributed by atoms with E-state index in [0.717, 1.165) is 4.90 Å². The molecule has 6 amide bonds. The van der Waals surface area contributed by atoms with Crippen LogP contribution in [0.3, 0.4) is 0 Å². The van der Waals surface area contributed by atoms with Gasteiger partial charge in [-0.2, -0.15) is 0 Å². The Bertz CT molecular complexity index is 1560. The van der Waals surface area contributed by atoms with Crippen LogP contribution in [-0.2, 0) is 63.3 Å². The lowest BCUT2D eigenvalue weighted by Gasteiger charge is -2.25. The number of carbonyl (C=O) groups excluding carboxylic acids is 7. The number of benzene rings is 1. The van der Waals surface area contributed by atoms with Crippen LogP contribution in [0.5, 0.6) is 0 Å². The van der Waals surface area contributed by atoms with Crippen molar-refractivity contribution >= 4 is 54.9 Å². The van der Waals surface area contributed by atoms with Gasteiger partial charge in [-0.25, -0.2) is 4.57 Å². The highest BCUT2D eigenvalue weighted by atomic mass is 31.2. The summed E-state index contributed by atoms with van der Waals surface area (Å²) in [7, 11) is -3.16. The van der Waals surface area contributed by atoms with Gasteiger partial charge >= 0.3 is 13.8 Å². The second kappa shape index (κ2) is 22.8. The van der Waals surface area contributed by atoms with Crippen LogP contribution in [0.15, 0.2) is 36.4 Å². The van der Waals surface area contributed by atoms with E-state index >= 15 is 0 Å². The zero-order valence-corrected chi connectivity index (χ0v) is 33.2. The molecule has 1 aliphatic rings. The maximum Gasteiger partial charge on any atom is 0.472 e. The zero-order valence-electron chi connectivity index (χ0n) is 32.3. The van der Waals surface area contributed by atoms with Gasteiger partial charge in [-0.3, -0.25) is 47.5 Å². The number of amides is 6. The van der Waals surface area contributed by atoms with Gasteiger partial charge in [0.15, 0.2) is 0 Å². The highest BCUT2D eigenvalue weighted by molar-refractivity contribution is 7.47. The molecule has 55 heavy (non-hydrogen) atoms. The van der Waals surface area contributed by atoms with Crippen LogP contribution in [-0.4, -0.2) is 103 Å². The van der Waals surface area contributed by atoms with Gasteiger partial charge < -0.3 is 35.6 Å². The molecule has 0 saturated carbocycles. The number of phosphoric ester groups is 1. The average molecular weight is 796 g/mol. The number of hydrogen-bond donors (Lipinski definition) is 5. The van der Waals surface area contributed by atoms with Gasteiger partial charge in [0, 0.05) is 31.3 Å². The molecule has 0 fully saturated rings. The van der Waals surface area contributed by atoms with Crippen molar-refractivity contribution in [2.45, 2.75) is 85.7 Å². The van der Waals surface area contributed by atoms with E-state index in [0.29, 0.717) is 11.3 Å². The van der Waals surface area contributed by atoms with Gasteiger partial charge in [-0.1, -0.05) is 53.7 Å². The fraction of sp³-hybridized carbons (Fsp3) is 0.583. The van der Waals surface area contributed by atoms with Crippen molar-refractivity contribution in [3.8, 4) is 0 Å². The lowest BCUT2D eigenvalue weighted by atomic mass is 10.0. The second-order valence-electron chi connectivity index (χ2n) is 13.8. The van der Waals surface area contributed by atoms with Crippen LogP contribution in [0.1, 0.15) is 66.4 Å². The van der Waals surface area contributed by atoms with Crippen LogP contribution >= 0.6 is 7.82 Å². The molecule has 2 rings (SSSR count). The fourth-order valence-corrected chi connectivity index (χ4v) is 5.89. The summed E-state index contributed by atoms with van der Waals surface area (Å²) in [4.78, 5) is 96.8. The van der Waals surface area contributed by atoms with Crippen LogP contribution in [0.25, 0.3) is 0 Å². The first kappa shape index (κ1) is 46.7. The highest BCUT2D eigenvalue weighted by Crippen LogP contribution is 2.47. The van der Waals surface area contributed by atoms with Crippen molar-refractivity contribution in [3.05, 3.63) is 42.0 Å². The van der Waals surface area contributed by atoms with E-state index in [1.807, 2.05) is 0 Å². The fourth-order valence-electron chi connectivity index (χ4n) is 4.85. The number of anilines is 1. The summed E-state index contributed by atoms with van der Waals surface area (Å²) in [5, 5.41) is 10.2. The van der Waals surface area contributed by atoms with Crippen molar-refractivity contribution in [1.29, 1.82) is 0 Å². The lowest BCUT2D eigenvalue weighted by Crippen LogP contribution is -2.51. The molecular weight excluding hydrogens is 741 g/mol. The Morgan fingerprint density at radius 2 is 1.44 bits per heavy atom. The normalized spacial score (nSPS) is 15.4. The second-order valence-corrected chi connectivity index (χ2v) is 15.2. The third-order valence-corrected chi connectivity index (χ3v) is 9.22. The van der Waals surface area contributed by atoms with Gasteiger partial charge in [0.05, 0.1) is 51.9 Å². The maximum atomic E-state index is 12.8. The third kappa shape index (κ3) is 17.2. The Labute approximate surface area is 321 Å². The van der Waals surface area contributed by atoms with Gasteiger partial charge in [-0.05, 0) is 35.4 Å². The number of ether oxygens (including phenoxy) is 2. The molecule has 1 heterocycles. The minimum absolute atomic E-state index is 0.00126. The number of phosphoric acid groups is 1. The molecule has 1 aromatic rings. The monoisotopic (exact) mass is 795 g/mol. The summed E-state index contributed by atoms with van der Waals surface area (Å²) in [5.74, 6) is -4.23. The predicted molar refractivity (Wildman–Crippen MR) is 198 cm³/mol. The molecule has 1 aliphatic heterocycles. The van der Waals surface area contributed by atoms with Crippen molar-refractivity contribution in [3.63, 3.8) is 0 Å². The van der Waals surface area contributed by atoms with E-state index < -0.39 is 68.1 Å². The molecule has 18 nitrogen and oxygen atoms in total. The standard InChI is InChI=1S/C36H54N5O13P/c1-22(2)27(18-30(43)37-7)53-34(47)19-28(23(3)4)54-55(49,50)52-21-25-8-10-26(11-9-25)39-31(44)20-38-36(48)35(24(5)6)40-29(42)14-16-51-17-15-41-32(45)12-13-33(41)46/h8-13,22-24,27-28,35H,14-21H2,1-7H3,(H,37,43)(H,38,48)(H,39,44)(H,40,42)(H,49,50)/t27-,28-,35?/m0/s1. The molecule has 0 aromatic heterocycles. The molecule has 2 unspecified atom stereocenters. The first-order chi connectivity index (χ1) is 25.8. The lowest BCUT2D eigenvalue weighted by molar-refractivity contribution is -0.155. The molecule has 19 heteroatoms. The molecule has 1 aromatic carbocycles. The number of hydrogen-bond acceptors (Lipinski definition) is 12. The van der Waals surface area contributed by atoms with E-state index in [4.69, 9.17) is 18.5 Å². The van der Waals surface area contributed by atoms with E-state index in [1.54, 1.807) is 53.7 Å². The Hall–Kier alpha value is -4.48. The summed E-state index contributed by atoms with van der Waals surface area (Å²) < 4.78 is 34.1. The Morgan fingerprint density at radius 3 is 2.00 bits per heavy atom. The number of carbonyl (C=O) groups is 7. The summed E-state index contributed by atoms with van der Waals surface area (Å²) in [6, 6.07) is 5.20. The third-order valence-electron chi connectivity index (χ3n) is 8.23. The summed E-state index contributed by atoms with van der Waals surface area (Å²) in [6.07, 6.45) is 0.203. The molecule has 0 radical (unpaired) electrons. The topological polar surface area (TPSA) is 245 Å². The molecule has 4 atom stereocenters. The van der Waals surface area contributed by atoms with Crippen LogP contribution < -0.4 is 21.3 Å². The van der Waals surface area contributed by atoms with E-state index in [-0.39, 0.29) is 69.3 Å². The SMILES string of the molecule is CNC(=O)C[C@H](OC(=O)C[C@H](OP(=O)(O)OCc1ccc(NC(=O)CNC(=O)C(NC(=O)CCOCCN2C(=O)C=CC2=O)C(C)C)cc1)C(C)C)C(C)C. The van der Waals surface area contributed by atoms with Gasteiger partial charge in [-0.15, -0.1) is 0 Å². The first-order valence-corrected chi connectivity index (χ1v) is 19.4. The van der Waals surface area contributed by atoms with Gasteiger partial charge in [0.1, 0.15) is 12.1 Å². The molecule has 0 bridgehead atoms. The van der Waals surface area contributed by atoms with E-state index in [1.165, 1.54) is 31.3 Å². The highest BCUT2D eigenvalue weighted by Gasteiger charge is 2.32. The average Bonchev–Trinajstić information content (AvgIpc) is 3.43. The minimum Gasteiger partial charge on any atom is -0.461 e. The number of nitrogens with zero attached hydrogens (tertiary/aromatic N) is 1. The Balaban J connectivity index is 1.78. The quantitative estimate of drug-likeness (QED) is 0.0436. The van der Waals surface area contributed by atoms with Crippen molar-refractivity contribution < 1.29 is 61.5 Å².